The van der Waals surface area contributed by atoms with Crippen molar-refractivity contribution in [3.63, 3.8) is 0 Å². The van der Waals surface area contributed by atoms with Gasteiger partial charge in [0.25, 0.3) is 5.91 Å². The third-order valence-corrected chi connectivity index (χ3v) is 9.46. The Morgan fingerprint density at radius 3 is 2.45 bits per heavy atom. The molecule has 0 aliphatic carbocycles. The number of aromatic nitrogens is 1. The molecule has 3 unspecified atom stereocenters. The fourth-order valence-electron chi connectivity index (χ4n) is 6.20. The minimum absolute atomic E-state index is 0.0760. The monoisotopic (exact) mass is 749 g/mol. The third kappa shape index (κ3) is 8.76. The fourth-order valence-corrected chi connectivity index (χ4v) is 6.45. The molecular formula is C37H44ClN7O8. The number of benzene rings is 2. The van der Waals surface area contributed by atoms with Crippen LogP contribution in [0.4, 0.5) is 0 Å². The van der Waals surface area contributed by atoms with Crippen molar-refractivity contribution in [1.29, 1.82) is 0 Å². The summed E-state index contributed by atoms with van der Waals surface area (Å²) in [6, 6.07) is 8.77. The lowest BCUT2D eigenvalue weighted by molar-refractivity contribution is -0.145. The number of para-hydroxylation sites is 1. The van der Waals surface area contributed by atoms with E-state index in [-0.39, 0.29) is 30.1 Å². The van der Waals surface area contributed by atoms with E-state index in [2.05, 4.69) is 27.2 Å². The van der Waals surface area contributed by atoms with E-state index in [1.54, 1.807) is 18.3 Å². The Balaban J connectivity index is 1.79. The molecule has 15 nitrogen and oxygen atoms in total. The van der Waals surface area contributed by atoms with Crippen LogP contribution >= 0.6 is 11.6 Å². The van der Waals surface area contributed by atoms with E-state index in [0.29, 0.717) is 33.5 Å². The number of hydrogen-bond acceptors (Lipinski definition) is 9. The van der Waals surface area contributed by atoms with Crippen LogP contribution in [0.25, 0.3) is 27.6 Å². The number of allylic oxidation sites excluding steroid dienone is 2. The Morgan fingerprint density at radius 1 is 1.17 bits per heavy atom. The van der Waals surface area contributed by atoms with E-state index >= 15 is 0 Å². The molecule has 0 saturated carbocycles. The lowest BCUT2D eigenvalue weighted by atomic mass is 9.91. The highest BCUT2D eigenvalue weighted by Gasteiger charge is 2.52. The molecule has 1 aromatic heterocycles. The molecule has 1 fully saturated rings. The fraction of sp³-hybridized carbons (Fsp3) is 0.351. The molecule has 3 aromatic rings. The number of carboxylic acid groups (broad SMARTS) is 1. The number of carbonyl (C=O) groups is 4. The summed E-state index contributed by atoms with van der Waals surface area (Å²) in [6.07, 6.45) is 0.0247. The van der Waals surface area contributed by atoms with E-state index in [0.717, 1.165) is 10.3 Å². The molecule has 2 aromatic carbocycles. The number of aliphatic hydroxyl groups is 2. The number of aliphatic hydroxyl groups excluding tert-OH is 1. The second-order valence-corrected chi connectivity index (χ2v) is 13.7. The van der Waals surface area contributed by atoms with Crippen molar-refractivity contribution in [2.75, 3.05) is 20.2 Å². The number of aliphatic imine (C=N–C) groups is 1. The molecule has 0 bridgehead atoms. The predicted octanol–water partition coefficient (Wildman–Crippen LogP) is 2.13. The van der Waals surface area contributed by atoms with Gasteiger partial charge in [-0.15, -0.1) is 11.6 Å². The van der Waals surface area contributed by atoms with Crippen LogP contribution in [0.1, 0.15) is 50.0 Å². The number of rotatable bonds is 13. The van der Waals surface area contributed by atoms with Gasteiger partial charge in [0, 0.05) is 40.4 Å². The minimum atomic E-state index is -1.81. The Kier molecular flexibility index (Phi) is 12.5. The van der Waals surface area contributed by atoms with Gasteiger partial charge < -0.3 is 47.1 Å². The molecule has 16 heteroatoms. The average Bonchev–Trinajstić information content (AvgIpc) is 3.44. The summed E-state index contributed by atoms with van der Waals surface area (Å²) in [5.41, 5.74) is 12.3. The maximum absolute atomic E-state index is 14.4. The van der Waals surface area contributed by atoms with E-state index in [9.17, 15) is 34.5 Å². The third-order valence-electron chi connectivity index (χ3n) is 8.92. The van der Waals surface area contributed by atoms with Crippen LogP contribution in [0.3, 0.4) is 0 Å². The van der Waals surface area contributed by atoms with Gasteiger partial charge in [0.15, 0.2) is 5.96 Å². The molecule has 4 rings (SSSR count). The normalized spacial score (nSPS) is 18.3. The number of pyridine rings is 1. The van der Waals surface area contributed by atoms with Gasteiger partial charge in [-0.1, -0.05) is 24.8 Å². The molecule has 2 heterocycles. The molecule has 282 valence electrons. The molecule has 53 heavy (non-hydrogen) atoms. The molecule has 1 aliphatic heterocycles. The van der Waals surface area contributed by atoms with Crippen molar-refractivity contribution in [1.82, 2.24) is 20.5 Å². The number of ether oxygens (including phenoxy) is 1. The highest BCUT2D eigenvalue weighted by Crippen LogP contribution is 2.40. The van der Waals surface area contributed by atoms with Crippen molar-refractivity contribution >= 4 is 57.7 Å². The molecule has 3 amide bonds. The molecule has 5 atom stereocenters. The van der Waals surface area contributed by atoms with Gasteiger partial charge in [-0.2, -0.15) is 0 Å². The first-order chi connectivity index (χ1) is 24.9. The Bertz CT molecular complexity index is 2010. The number of fused-ring (bicyclic) bond motifs is 1. The first-order valence-corrected chi connectivity index (χ1v) is 17.0. The van der Waals surface area contributed by atoms with E-state index in [4.69, 9.17) is 27.8 Å². The number of hydrogen-bond donors (Lipinski definition) is 7. The van der Waals surface area contributed by atoms with Gasteiger partial charge in [-0.3, -0.25) is 24.4 Å². The van der Waals surface area contributed by atoms with Gasteiger partial charge in [-0.25, -0.2) is 4.79 Å². The van der Waals surface area contributed by atoms with Crippen LogP contribution < -0.4 is 26.8 Å². The number of carbonyl (C=O) groups excluding carboxylic acids is 3. The van der Waals surface area contributed by atoms with Crippen LogP contribution in [-0.2, 0) is 14.4 Å². The van der Waals surface area contributed by atoms with Gasteiger partial charge in [0.1, 0.15) is 23.5 Å². The zero-order chi connectivity index (χ0) is 39.4. The predicted molar refractivity (Wildman–Crippen MR) is 201 cm³/mol. The van der Waals surface area contributed by atoms with Gasteiger partial charge in [-0.05, 0) is 69.5 Å². The number of halogens is 1. The largest absolute Gasteiger partial charge is 0.496 e. The summed E-state index contributed by atoms with van der Waals surface area (Å²) in [4.78, 5) is 63.2. The molecule has 0 spiro atoms. The van der Waals surface area contributed by atoms with Crippen LogP contribution in [0.15, 0.2) is 71.5 Å². The maximum Gasteiger partial charge on any atom is 0.352 e. The highest BCUT2D eigenvalue weighted by molar-refractivity contribution is 6.23. The van der Waals surface area contributed by atoms with Crippen LogP contribution in [0, 0.1) is 0 Å². The van der Waals surface area contributed by atoms with Crippen molar-refractivity contribution < 1.29 is 39.2 Å². The number of nitrogens with one attached hydrogen (secondary N) is 2. The first kappa shape index (κ1) is 40.3. The standard InChI is InChI=1S/C37H44ClN7O8/c1-18(2)23-16-41-24-10-8-7-9-21(24)27(23)22-15-20(11-12-26(22)53-6)32(47)44-30(28(38)25(46)17-42-36(39)40)34(49)45-14-13-37(5,52)31(45)33(48)43-29(19(3)4)35(50)51/h7-12,15-16,25,28,30-31,46,52H,1,13-14,17H2,2-6H3,(H,43,48)(H,44,47)(H,50,51)(H4,39,40,42)/t25?,28?,30?,31-,37-/m1/s1. The zero-order valence-electron chi connectivity index (χ0n) is 30.0. The molecule has 1 aliphatic rings. The Hall–Kier alpha value is -5.51. The average molecular weight is 750 g/mol. The lowest BCUT2D eigenvalue weighted by Crippen LogP contribution is -2.61. The number of methoxy groups -OCH3 is 1. The van der Waals surface area contributed by atoms with Crippen molar-refractivity contribution in [3.05, 3.63) is 77.6 Å². The smallest absolute Gasteiger partial charge is 0.352 e. The SMILES string of the molecule is C=C(C)c1cnc2ccccc2c1-c1cc(C(=O)NC(C(=O)N2CC[C@@](C)(O)[C@H]2C(=O)NC(C(=O)O)=C(C)C)C(Cl)C(O)CN=C(N)N)ccc1OC. The number of amides is 3. The quantitative estimate of drug-likeness (QED) is 0.0578. The van der Waals surface area contributed by atoms with E-state index < -0.39 is 65.1 Å². The maximum atomic E-state index is 14.4. The van der Waals surface area contributed by atoms with Crippen molar-refractivity contribution in [2.24, 2.45) is 16.5 Å². The summed E-state index contributed by atoms with van der Waals surface area (Å²) in [5.74, 6) is -4.05. The zero-order valence-corrected chi connectivity index (χ0v) is 30.8. The van der Waals surface area contributed by atoms with E-state index in [1.165, 1.54) is 33.9 Å². The lowest BCUT2D eigenvalue weighted by Gasteiger charge is -2.34. The second-order valence-electron chi connectivity index (χ2n) is 13.2. The number of nitrogens with two attached hydrogens (primary N) is 2. The second kappa shape index (κ2) is 16.4. The number of alkyl halides is 1. The summed E-state index contributed by atoms with van der Waals surface area (Å²) >= 11 is 6.70. The summed E-state index contributed by atoms with van der Waals surface area (Å²) in [5, 5.41) is 36.0. The van der Waals surface area contributed by atoms with Crippen LogP contribution in [-0.4, -0.2) is 104 Å². The molecule has 9 N–H and O–H groups in total. The molecule has 0 radical (unpaired) electrons. The number of aliphatic carboxylic acids is 1. The van der Waals surface area contributed by atoms with E-state index in [1.807, 2.05) is 31.2 Å². The number of nitrogens with zero attached hydrogens (tertiary/aromatic N) is 3. The minimum Gasteiger partial charge on any atom is -0.496 e. The summed E-state index contributed by atoms with van der Waals surface area (Å²) in [6.45, 7) is 9.60. The molecule has 1 saturated heterocycles. The number of carboxylic acids is 1. The Labute approximate surface area is 311 Å². The first-order valence-electron chi connectivity index (χ1n) is 16.5. The van der Waals surface area contributed by atoms with Gasteiger partial charge in [0.2, 0.25) is 11.8 Å². The van der Waals surface area contributed by atoms with Gasteiger partial charge >= 0.3 is 5.97 Å². The van der Waals surface area contributed by atoms with Crippen LogP contribution in [0.2, 0.25) is 0 Å². The number of likely N-dealkylation sites (tertiary alicyclic amines) is 1. The molecular weight excluding hydrogens is 706 g/mol. The van der Waals surface area contributed by atoms with Crippen molar-refractivity contribution in [2.45, 2.75) is 63.3 Å². The summed E-state index contributed by atoms with van der Waals surface area (Å²) in [7, 11) is 1.49. The van der Waals surface area contributed by atoms with Gasteiger partial charge in [0.05, 0.1) is 36.3 Å². The van der Waals surface area contributed by atoms with Crippen molar-refractivity contribution in [3.8, 4) is 16.9 Å². The topological polar surface area (TPSA) is 243 Å². The highest BCUT2D eigenvalue weighted by atomic mass is 35.5. The number of guanidine groups is 1. The summed E-state index contributed by atoms with van der Waals surface area (Å²) < 4.78 is 5.70. The van der Waals surface area contributed by atoms with Crippen LogP contribution in [0.5, 0.6) is 5.75 Å². The Morgan fingerprint density at radius 2 is 1.85 bits per heavy atom.